The first-order chi connectivity index (χ1) is 13.4. The minimum Gasteiger partial charge on any atom is -0.394 e. The van der Waals surface area contributed by atoms with Crippen LogP contribution in [-0.2, 0) is 6.42 Å². The van der Waals surface area contributed by atoms with Crippen LogP contribution in [0, 0.1) is 0 Å². The fraction of sp³-hybridized carbons (Fsp3) is 0.364. The molecule has 148 valence electrons. The number of aryl methyl sites for hydroxylation is 1. The third-order valence-electron chi connectivity index (χ3n) is 5.11. The van der Waals surface area contributed by atoms with Crippen LogP contribution in [0.5, 0.6) is 0 Å². The lowest BCUT2D eigenvalue weighted by atomic mass is 9.93. The molecule has 0 saturated heterocycles. The van der Waals surface area contributed by atoms with Gasteiger partial charge in [0, 0.05) is 5.56 Å². The Morgan fingerprint density at radius 2 is 1.64 bits per heavy atom. The molecule has 0 amide bonds. The molecular formula is C22H28N4O2. The van der Waals surface area contributed by atoms with Gasteiger partial charge in [0.1, 0.15) is 5.69 Å². The lowest BCUT2D eigenvalue weighted by Gasteiger charge is -2.24. The van der Waals surface area contributed by atoms with E-state index in [0.717, 1.165) is 22.5 Å². The molecule has 1 aromatic heterocycles. The maximum atomic E-state index is 9.29. The summed E-state index contributed by atoms with van der Waals surface area (Å²) in [5.41, 5.74) is 10.1. The van der Waals surface area contributed by atoms with Gasteiger partial charge in [0.2, 0.25) is 0 Å². The smallest absolute Gasteiger partial charge is 0.113 e. The van der Waals surface area contributed by atoms with E-state index in [-0.39, 0.29) is 13.2 Å². The zero-order valence-electron chi connectivity index (χ0n) is 16.4. The van der Waals surface area contributed by atoms with Crippen LogP contribution in [0.1, 0.15) is 37.3 Å². The summed E-state index contributed by atoms with van der Waals surface area (Å²) in [5, 5.41) is 27.1. The molecular weight excluding hydrogens is 352 g/mol. The predicted octanol–water partition coefficient (Wildman–Crippen LogP) is 2.67. The van der Waals surface area contributed by atoms with Crippen molar-refractivity contribution in [3.05, 3.63) is 65.9 Å². The highest BCUT2D eigenvalue weighted by Crippen LogP contribution is 2.21. The molecule has 0 unspecified atom stereocenters. The van der Waals surface area contributed by atoms with Crippen molar-refractivity contribution in [1.29, 1.82) is 0 Å². The van der Waals surface area contributed by atoms with Gasteiger partial charge >= 0.3 is 0 Å². The molecule has 0 saturated carbocycles. The van der Waals surface area contributed by atoms with Crippen molar-refractivity contribution in [2.45, 2.75) is 38.1 Å². The highest BCUT2D eigenvalue weighted by molar-refractivity contribution is 5.58. The summed E-state index contributed by atoms with van der Waals surface area (Å²) in [6.45, 7) is 3.88. The molecule has 0 aliphatic rings. The van der Waals surface area contributed by atoms with Crippen molar-refractivity contribution in [2.24, 2.45) is 5.73 Å². The van der Waals surface area contributed by atoms with Gasteiger partial charge in [0.25, 0.3) is 0 Å². The van der Waals surface area contributed by atoms with Crippen LogP contribution in [0.25, 0.3) is 16.9 Å². The van der Waals surface area contributed by atoms with Gasteiger partial charge < -0.3 is 15.9 Å². The highest BCUT2D eigenvalue weighted by Gasteiger charge is 2.22. The Bertz CT molecular complexity index is 882. The number of aliphatic hydroxyl groups excluding tert-OH is 2. The van der Waals surface area contributed by atoms with Crippen LogP contribution in [0.3, 0.4) is 0 Å². The van der Waals surface area contributed by atoms with E-state index in [0.29, 0.717) is 18.8 Å². The van der Waals surface area contributed by atoms with Crippen LogP contribution in [0.4, 0.5) is 0 Å². The molecule has 0 radical (unpaired) electrons. The number of hydrogen-bond acceptors (Lipinski definition) is 5. The van der Waals surface area contributed by atoms with E-state index in [1.165, 1.54) is 5.56 Å². The quantitative estimate of drug-likeness (QED) is 0.558. The van der Waals surface area contributed by atoms with E-state index in [1.807, 2.05) is 30.5 Å². The second-order valence-corrected chi connectivity index (χ2v) is 7.67. The summed E-state index contributed by atoms with van der Waals surface area (Å²) >= 11 is 0. The third kappa shape index (κ3) is 4.65. The zero-order chi connectivity index (χ0) is 20.1. The first kappa shape index (κ1) is 20.2. The summed E-state index contributed by atoms with van der Waals surface area (Å²) in [6, 6.07) is 16.4. The molecule has 4 N–H and O–H groups in total. The topological polar surface area (TPSA) is 97.2 Å². The van der Waals surface area contributed by atoms with E-state index in [2.05, 4.69) is 48.4 Å². The molecule has 0 spiro atoms. The fourth-order valence-corrected chi connectivity index (χ4v) is 2.98. The highest BCUT2D eigenvalue weighted by atomic mass is 16.3. The Morgan fingerprint density at radius 3 is 2.21 bits per heavy atom. The molecule has 0 fully saturated rings. The molecule has 2 aromatic carbocycles. The van der Waals surface area contributed by atoms with Gasteiger partial charge in [-0.15, -0.1) is 5.10 Å². The molecule has 1 heterocycles. The van der Waals surface area contributed by atoms with Gasteiger partial charge in [-0.05, 0) is 42.0 Å². The molecule has 0 atom stereocenters. The summed E-state index contributed by atoms with van der Waals surface area (Å²) < 4.78 is 1.78. The van der Waals surface area contributed by atoms with Gasteiger partial charge in [-0.2, -0.15) is 0 Å². The third-order valence-corrected chi connectivity index (χ3v) is 5.11. The Kier molecular flexibility index (Phi) is 6.24. The van der Waals surface area contributed by atoms with Crippen LogP contribution in [0.2, 0.25) is 0 Å². The van der Waals surface area contributed by atoms with E-state index in [9.17, 15) is 10.2 Å². The number of aliphatic hydroxyl groups is 2. The molecule has 28 heavy (non-hydrogen) atoms. The number of aromatic nitrogens is 3. The second-order valence-electron chi connectivity index (χ2n) is 7.67. The second kappa shape index (κ2) is 8.65. The molecule has 6 heteroatoms. The number of benzene rings is 2. The lowest BCUT2D eigenvalue weighted by Crippen LogP contribution is -2.47. The van der Waals surface area contributed by atoms with Crippen molar-refractivity contribution in [1.82, 2.24) is 15.0 Å². The van der Waals surface area contributed by atoms with E-state index < -0.39 is 5.54 Å². The average molecular weight is 380 g/mol. The largest absolute Gasteiger partial charge is 0.394 e. The predicted molar refractivity (Wildman–Crippen MR) is 110 cm³/mol. The van der Waals surface area contributed by atoms with Crippen molar-refractivity contribution < 1.29 is 10.2 Å². The summed E-state index contributed by atoms with van der Waals surface area (Å²) in [5.74, 6) is 0.498. The number of hydrogen-bond donors (Lipinski definition) is 3. The Morgan fingerprint density at radius 1 is 1.00 bits per heavy atom. The van der Waals surface area contributed by atoms with E-state index in [4.69, 9.17) is 5.73 Å². The monoisotopic (exact) mass is 380 g/mol. The van der Waals surface area contributed by atoms with Crippen LogP contribution in [0.15, 0.2) is 54.7 Å². The van der Waals surface area contributed by atoms with Gasteiger partial charge in [0.05, 0.1) is 30.6 Å². The number of nitrogens with zero attached hydrogens (tertiary/aromatic N) is 3. The van der Waals surface area contributed by atoms with Gasteiger partial charge in [0.15, 0.2) is 0 Å². The van der Waals surface area contributed by atoms with Crippen molar-refractivity contribution in [3.8, 4) is 16.9 Å². The Balaban J connectivity index is 1.69. The minimum absolute atomic E-state index is 0.233. The normalized spacial score (nSPS) is 11.9. The van der Waals surface area contributed by atoms with Crippen LogP contribution >= 0.6 is 0 Å². The summed E-state index contributed by atoms with van der Waals surface area (Å²) in [6.07, 6.45) is 3.12. The fourth-order valence-electron chi connectivity index (χ4n) is 2.98. The first-order valence-corrected chi connectivity index (χ1v) is 9.57. The van der Waals surface area contributed by atoms with Crippen molar-refractivity contribution in [3.63, 3.8) is 0 Å². The van der Waals surface area contributed by atoms with Gasteiger partial charge in [-0.1, -0.05) is 55.5 Å². The summed E-state index contributed by atoms with van der Waals surface area (Å²) in [7, 11) is 0. The maximum Gasteiger partial charge on any atom is 0.113 e. The molecule has 6 nitrogen and oxygen atoms in total. The number of rotatable bonds is 8. The minimum atomic E-state index is -0.938. The standard InChI is InChI=1S/C22H28N4O2/c1-16(2)18-7-9-20(10-8-18)26-13-21(24-25-26)19-5-3-17(4-6-19)11-12-22(23,14-27)15-28/h3-10,13,16,27-28H,11-12,14-15,23H2,1-2H3. The van der Waals surface area contributed by atoms with E-state index in [1.54, 1.807) is 4.68 Å². The zero-order valence-corrected chi connectivity index (χ0v) is 16.4. The maximum absolute atomic E-state index is 9.29. The Hall–Kier alpha value is -2.54. The van der Waals surface area contributed by atoms with E-state index >= 15 is 0 Å². The molecule has 3 rings (SSSR count). The Labute approximate surface area is 165 Å². The molecule has 0 bridgehead atoms. The molecule has 3 aromatic rings. The van der Waals surface area contributed by atoms with Crippen molar-refractivity contribution >= 4 is 0 Å². The van der Waals surface area contributed by atoms with Crippen LogP contribution < -0.4 is 5.73 Å². The van der Waals surface area contributed by atoms with Crippen LogP contribution in [-0.4, -0.2) is 44.0 Å². The molecule has 0 aliphatic heterocycles. The lowest BCUT2D eigenvalue weighted by molar-refractivity contribution is 0.115. The van der Waals surface area contributed by atoms with Gasteiger partial charge in [-0.25, -0.2) is 4.68 Å². The average Bonchev–Trinajstić information content (AvgIpc) is 3.23. The SMILES string of the molecule is CC(C)c1ccc(-n2cc(-c3ccc(CCC(N)(CO)CO)cc3)nn2)cc1. The van der Waals surface area contributed by atoms with Gasteiger partial charge in [-0.3, -0.25) is 0 Å². The number of nitrogens with two attached hydrogens (primary N) is 1. The molecule has 0 aliphatic carbocycles. The first-order valence-electron chi connectivity index (χ1n) is 9.57. The summed E-state index contributed by atoms with van der Waals surface area (Å²) in [4.78, 5) is 0. The van der Waals surface area contributed by atoms with Crippen molar-refractivity contribution in [2.75, 3.05) is 13.2 Å².